The summed E-state index contributed by atoms with van der Waals surface area (Å²) in [5.74, 6) is 0. The number of unbranched alkanes of at least 4 members (excludes halogenated alkanes) is 7. The van der Waals surface area contributed by atoms with Gasteiger partial charge in [0.05, 0.1) is 0 Å². The van der Waals surface area contributed by atoms with E-state index in [1.807, 2.05) is 0 Å². The van der Waals surface area contributed by atoms with Crippen molar-refractivity contribution in [1.29, 1.82) is 0 Å². The normalized spacial score (nSPS) is 8.96. The van der Waals surface area contributed by atoms with Crippen LogP contribution in [0.3, 0.4) is 0 Å². The summed E-state index contributed by atoms with van der Waals surface area (Å²) in [5.41, 5.74) is 0. The zero-order chi connectivity index (χ0) is 21.3. The minimum atomic E-state index is 0.750. The zero-order valence-corrected chi connectivity index (χ0v) is 20.1. The lowest BCUT2D eigenvalue weighted by molar-refractivity contribution is -0.106. The fraction of sp³-hybridized carbons (Fsp3) is 0.800. The number of rotatable bonds is 9. The molecule has 0 spiro atoms. The monoisotopic (exact) mass is 370 g/mol. The zero-order valence-electron chi connectivity index (χ0n) is 20.1. The smallest absolute Gasteiger partial charge is 0.116 e. The van der Waals surface area contributed by atoms with Crippen molar-refractivity contribution in [3.8, 4) is 0 Å². The van der Waals surface area contributed by atoms with Crippen LogP contribution in [0, 0.1) is 0 Å². The quantitative estimate of drug-likeness (QED) is 0.224. The lowest BCUT2D eigenvalue weighted by Crippen LogP contribution is -1.66. The lowest BCUT2D eigenvalue weighted by atomic mass is 10.2. The summed E-state index contributed by atoms with van der Waals surface area (Å²) in [5, 5.41) is 0. The summed E-state index contributed by atoms with van der Waals surface area (Å²) in [4.78, 5) is 8.81. The van der Waals surface area contributed by atoms with Crippen molar-refractivity contribution in [1.82, 2.24) is 0 Å². The molecule has 0 aliphatic carbocycles. The van der Waals surface area contributed by atoms with Gasteiger partial charge in [-0.15, -0.1) is 0 Å². The third kappa shape index (κ3) is 110. The summed E-state index contributed by atoms with van der Waals surface area (Å²) in [6, 6.07) is 0. The molecule has 0 aliphatic rings. The van der Waals surface area contributed by atoms with Crippen molar-refractivity contribution >= 4 is 6.29 Å². The summed E-state index contributed by atoms with van der Waals surface area (Å²) in [7, 11) is 0. The maximum absolute atomic E-state index is 8.81. The molecule has 0 aromatic heterocycles. The predicted octanol–water partition coefficient (Wildman–Crippen LogP) is 9.71. The van der Waals surface area contributed by atoms with Crippen LogP contribution in [0.2, 0.25) is 0 Å². The number of hydrogen-bond acceptors (Lipinski definition) is 1. The topological polar surface area (TPSA) is 17.1 Å². The standard InChI is InChI=1S/C6H14.2C6H12.C5H12.C2H4O/c3*1-3-5-6-4-2;1-3-5-4-2;1-2-3/h3-6H2,1-2H3;2*3,5H,4,6H2,1-2H3;3-5H2,1-2H3;2H,1H3/b;2*5-3+;;. The molecule has 1 nitrogen and oxygen atoms in total. The van der Waals surface area contributed by atoms with Gasteiger partial charge in [-0.3, -0.25) is 0 Å². The molecule has 0 saturated carbocycles. The lowest BCUT2D eigenvalue weighted by Gasteiger charge is -1.86. The summed E-state index contributed by atoms with van der Waals surface area (Å²) in [6.07, 6.45) is 23.9. The van der Waals surface area contributed by atoms with Crippen molar-refractivity contribution in [2.24, 2.45) is 0 Å². The van der Waals surface area contributed by atoms with Gasteiger partial charge in [-0.05, 0) is 33.6 Å². The van der Waals surface area contributed by atoms with Gasteiger partial charge >= 0.3 is 0 Å². The average molecular weight is 371 g/mol. The first-order valence-corrected chi connectivity index (χ1v) is 11.2. The molecular weight excluding hydrogens is 316 g/mol. The Morgan fingerprint density at radius 1 is 0.500 bits per heavy atom. The third-order valence-electron chi connectivity index (χ3n) is 3.05. The van der Waals surface area contributed by atoms with E-state index >= 15 is 0 Å². The number of carbonyl (C=O) groups excluding carboxylic acids is 1. The first-order chi connectivity index (χ1) is 12.6. The second-order valence-electron chi connectivity index (χ2n) is 6.01. The second kappa shape index (κ2) is 56.4. The van der Waals surface area contributed by atoms with Gasteiger partial charge in [0.25, 0.3) is 0 Å². The van der Waals surface area contributed by atoms with E-state index < -0.39 is 0 Å². The van der Waals surface area contributed by atoms with Gasteiger partial charge in [0, 0.05) is 0 Å². The van der Waals surface area contributed by atoms with Crippen molar-refractivity contribution in [3.05, 3.63) is 24.3 Å². The Labute approximate surface area is 168 Å². The van der Waals surface area contributed by atoms with Gasteiger partial charge in [0.1, 0.15) is 6.29 Å². The Bertz CT molecular complexity index is 196. The minimum absolute atomic E-state index is 0.750. The molecule has 0 radical (unpaired) electrons. The highest BCUT2D eigenvalue weighted by molar-refractivity contribution is 5.44. The summed E-state index contributed by atoms with van der Waals surface area (Å²) in [6.45, 7) is 18.8. The highest BCUT2D eigenvalue weighted by atomic mass is 16.1. The van der Waals surface area contributed by atoms with Crippen LogP contribution in [-0.2, 0) is 4.79 Å². The summed E-state index contributed by atoms with van der Waals surface area (Å²) < 4.78 is 0. The SMILES string of the molecule is C/C=C/CCC.C/C=C/CCC.CC=O.CCCCC.CCCCCC. The fourth-order valence-electron chi connectivity index (χ4n) is 1.52. The van der Waals surface area contributed by atoms with Crippen LogP contribution in [0.1, 0.15) is 133 Å². The van der Waals surface area contributed by atoms with Gasteiger partial charge < -0.3 is 4.79 Å². The molecule has 0 amide bonds. The predicted molar refractivity (Wildman–Crippen MR) is 126 cm³/mol. The molecule has 0 atom stereocenters. The molecule has 0 aromatic rings. The maximum atomic E-state index is 8.81. The van der Waals surface area contributed by atoms with E-state index in [2.05, 4.69) is 79.7 Å². The first kappa shape index (κ1) is 36.1. The third-order valence-corrected chi connectivity index (χ3v) is 3.05. The van der Waals surface area contributed by atoms with Crippen LogP contribution in [0.4, 0.5) is 0 Å². The molecule has 0 saturated heterocycles. The van der Waals surface area contributed by atoms with Gasteiger partial charge in [-0.1, -0.05) is 124 Å². The van der Waals surface area contributed by atoms with Crippen LogP contribution in [0.5, 0.6) is 0 Å². The Morgan fingerprint density at radius 3 is 0.846 bits per heavy atom. The fourth-order valence-corrected chi connectivity index (χ4v) is 1.52. The number of hydrogen-bond donors (Lipinski definition) is 0. The van der Waals surface area contributed by atoms with E-state index in [1.54, 1.807) is 0 Å². The molecule has 0 heterocycles. The summed E-state index contributed by atoms with van der Waals surface area (Å²) >= 11 is 0. The molecule has 0 aliphatic heterocycles. The molecule has 160 valence electrons. The van der Waals surface area contributed by atoms with Gasteiger partial charge in [-0.2, -0.15) is 0 Å². The minimum Gasteiger partial charge on any atom is -0.304 e. The first-order valence-electron chi connectivity index (χ1n) is 11.2. The van der Waals surface area contributed by atoms with Crippen LogP contribution >= 0.6 is 0 Å². The van der Waals surface area contributed by atoms with Gasteiger partial charge in [0.15, 0.2) is 0 Å². The Hall–Kier alpha value is -0.850. The molecular formula is C25H54O. The molecule has 0 fully saturated rings. The second-order valence-corrected chi connectivity index (χ2v) is 6.01. The molecule has 0 bridgehead atoms. The van der Waals surface area contributed by atoms with Crippen LogP contribution in [0.15, 0.2) is 24.3 Å². The molecule has 0 rings (SSSR count). The van der Waals surface area contributed by atoms with E-state index in [0.717, 1.165) is 6.29 Å². The van der Waals surface area contributed by atoms with Crippen LogP contribution < -0.4 is 0 Å². The Kier molecular flexibility index (Phi) is 78.4. The van der Waals surface area contributed by atoms with Crippen molar-refractivity contribution < 1.29 is 4.79 Å². The molecule has 26 heavy (non-hydrogen) atoms. The molecule has 1 heteroatoms. The number of aldehydes is 1. The van der Waals surface area contributed by atoms with E-state index in [4.69, 9.17) is 4.79 Å². The Morgan fingerprint density at radius 2 is 0.769 bits per heavy atom. The maximum Gasteiger partial charge on any atom is 0.116 e. The van der Waals surface area contributed by atoms with Crippen molar-refractivity contribution in [2.45, 2.75) is 133 Å². The highest BCUT2D eigenvalue weighted by Gasteiger charge is 1.75. The highest BCUT2D eigenvalue weighted by Crippen LogP contribution is 1.95. The largest absolute Gasteiger partial charge is 0.304 e. The van der Waals surface area contributed by atoms with Gasteiger partial charge in [0.2, 0.25) is 0 Å². The van der Waals surface area contributed by atoms with Crippen molar-refractivity contribution in [2.75, 3.05) is 0 Å². The van der Waals surface area contributed by atoms with Crippen molar-refractivity contribution in [3.63, 3.8) is 0 Å². The number of allylic oxidation sites excluding steroid dienone is 4. The van der Waals surface area contributed by atoms with Crippen LogP contribution in [0.25, 0.3) is 0 Å². The molecule has 0 unspecified atom stereocenters. The molecule has 0 N–H and O–H groups in total. The van der Waals surface area contributed by atoms with Gasteiger partial charge in [-0.25, -0.2) is 0 Å². The average Bonchev–Trinajstić information content (AvgIpc) is 2.66. The van der Waals surface area contributed by atoms with E-state index in [-0.39, 0.29) is 0 Å². The number of carbonyl (C=O) groups is 1. The van der Waals surface area contributed by atoms with Crippen LogP contribution in [-0.4, -0.2) is 6.29 Å². The van der Waals surface area contributed by atoms with E-state index in [0.29, 0.717) is 0 Å². The van der Waals surface area contributed by atoms with E-state index in [1.165, 1.54) is 77.6 Å². The molecule has 0 aromatic carbocycles. The van der Waals surface area contributed by atoms with E-state index in [9.17, 15) is 0 Å². The Balaban J connectivity index is -0.0000000719.